The van der Waals surface area contributed by atoms with Gasteiger partial charge in [-0.3, -0.25) is 10.0 Å². The van der Waals surface area contributed by atoms with Crippen LogP contribution in [0, 0.1) is 0 Å². The quantitative estimate of drug-likeness (QED) is 0.0317. The van der Waals surface area contributed by atoms with Crippen LogP contribution < -0.4 is 5.48 Å². The fraction of sp³-hybridized carbons (Fsp3) is 0.974. The summed E-state index contributed by atoms with van der Waals surface area (Å²) < 4.78 is 0. The number of alkyl halides is 1. The SMILES string of the molecule is O=C(CCCCCCCCCCCCCCCCCCCCCCCCCCCCCCCCCCCCCCl)NO. The molecule has 0 bridgehead atoms. The molecule has 2 N–H and O–H groups in total. The molecule has 42 heavy (non-hydrogen) atoms. The van der Waals surface area contributed by atoms with Gasteiger partial charge in [0.25, 0.3) is 0 Å². The maximum Gasteiger partial charge on any atom is 0.243 e. The van der Waals surface area contributed by atoms with Crippen molar-refractivity contribution in [2.24, 2.45) is 0 Å². The molecule has 0 saturated carbocycles. The van der Waals surface area contributed by atoms with Crippen LogP contribution in [0.15, 0.2) is 0 Å². The summed E-state index contributed by atoms with van der Waals surface area (Å²) in [7, 11) is 0. The van der Waals surface area contributed by atoms with Gasteiger partial charge in [-0.05, 0) is 12.8 Å². The highest BCUT2D eigenvalue weighted by molar-refractivity contribution is 6.17. The highest BCUT2D eigenvalue weighted by atomic mass is 35.5. The molecule has 0 aromatic carbocycles. The number of hydrogen-bond donors (Lipinski definition) is 2. The lowest BCUT2D eigenvalue weighted by Gasteiger charge is -2.05. The molecule has 0 unspecified atom stereocenters. The lowest BCUT2D eigenvalue weighted by molar-refractivity contribution is -0.129. The molecule has 0 aliphatic heterocycles. The zero-order chi connectivity index (χ0) is 30.4. The Hall–Kier alpha value is -0.280. The Bertz CT molecular complexity index is 501. The number of amides is 1. The van der Waals surface area contributed by atoms with E-state index in [0.29, 0.717) is 6.42 Å². The standard InChI is InChI=1S/C38H76ClNO2/c39-37-35-33-31-29-27-25-23-21-19-17-15-13-11-9-7-5-3-1-2-4-6-8-10-12-14-16-18-20-22-24-26-28-30-32-34-36-38(41)40-42/h42H,1-37H2,(H,40,41). The zero-order valence-corrected chi connectivity index (χ0v) is 29.2. The predicted octanol–water partition coefficient (Wildman–Crippen LogP) is 13.8. The maximum atomic E-state index is 10.9. The number of unbranched alkanes of at least 4 members (excludes halogenated alkanes) is 34. The van der Waals surface area contributed by atoms with Crippen molar-refractivity contribution in [2.75, 3.05) is 5.88 Å². The second kappa shape index (κ2) is 38.7. The number of halogens is 1. The van der Waals surface area contributed by atoms with Crippen molar-refractivity contribution >= 4 is 17.5 Å². The first-order valence-electron chi connectivity index (χ1n) is 19.3. The molecular weight excluding hydrogens is 538 g/mol. The van der Waals surface area contributed by atoms with Gasteiger partial charge in [0.15, 0.2) is 0 Å². The molecule has 0 atom stereocenters. The maximum absolute atomic E-state index is 10.9. The van der Waals surface area contributed by atoms with Crippen LogP contribution in [-0.4, -0.2) is 17.0 Å². The number of carbonyl (C=O) groups is 1. The van der Waals surface area contributed by atoms with Crippen LogP contribution in [0.4, 0.5) is 0 Å². The molecule has 0 aliphatic rings. The fourth-order valence-corrected chi connectivity index (χ4v) is 6.46. The molecule has 252 valence electrons. The van der Waals surface area contributed by atoms with E-state index in [0.717, 1.165) is 18.7 Å². The van der Waals surface area contributed by atoms with Crippen molar-refractivity contribution in [1.82, 2.24) is 5.48 Å². The number of nitrogens with one attached hydrogen (secondary N) is 1. The molecule has 0 aromatic heterocycles. The van der Waals surface area contributed by atoms with Crippen LogP contribution in [-0.2, 0) is 4.79 Å². The average Bonchev–Trinajstić information content (AvgIpc) is 3.00. The summed E-state index contributed by atoms with van der Waals surface area (Å²) in [6.07, 6.45) is 49.4. The third kappa shape index (κ3) is 37.7. The van der Waals surface area contributed by atoms with Gasteiger partial charge in [0.1, 0.15) is 0 Å². The fourth-order valence-electron chi connectivity index (χ4n) is 6.27. The topological polar surface area (TPSA) is 49.3 Å². The molecule has 3 nitrogen and oxygen atoms in total. The Morgan fingerprint density at radius 1 is 0.333 bits per heavy atom. The van der Waals surface area contributed by atoms with E-state index in [1.54, 1.807) is 5.48 Å². The number of carbonyl (C=O) groups excluding carboxylic acids is 1. The Labute approximate surface area is 269 Å². The summed E-state index contributed by atoms with van der Waals surface area (Å²) in [6, 6.07) is 0. The Morgan fingerprint density at radius 3 is 0.667 bits per heavy atom. The smallest absolute Gasteiger partial charge is 0.243 e. The summed E-state index contributed by atoms with van der Waals surface area (Å²) in [6.45, 7) is 0. The van der Waals surface area contributed by atoms with Crippen molar-refractivity contribution in [1.29, 1.82) is 0 Å². The van der Waals surface area contributed by atoms with E-state index in [1.165, 1.54) is 212 Å². The van der Waals surface area contributed by atoms with E-state index in [4.69, 9.17) is 16.8 Å². The molecule has 0 heterocycles. The number of hydrogen-bond acceptors (Lipinski definition) is 2. The number of hydroxylamine groups is 1. The lowest BCUT2D eigenvalue weighted by atomic mass is 10.0. The largest absolute Gasteiger partial charge is 0.289 e. The minimum absolute atomic E-state index is 0.255. The van der Waals surface area contributed by atoms with E-state index in [-0.39, 0.29) is 5.91 Å². The molecular formula is C38H76ClNO2. The third-order valence-electron chi connectivity index (χ3n) is 9.16. The summed E-state index contributed by atoms with van der Waals surface area (Å²) in [5.41, 5.74) is 1.70. The van der Waals surface area contributed by atoms with Crippen LogP contribution in [0.25, 0.3) is 0 Å². The van der Waals surface area contributed by atoms with E-state index < -0.39 is 0 Å². The molecule has 0 radical (unpaired) electrons. The van der Waals surface area contributed by atoms with Gasteiger partial charge in [-0.2, -0.15) is 0 Å². The average molecular weight is 614 g/mol. The van der Waals surface area contributed by atoms with Gasteiger partial charge >= 0.3 is 0 Å². The molecule has 0 aliphatic carbocycles. The summed E-state index contributed by atoms with van der Waals surface area (Å²) >= 11 is 5.73. The van der Waals surface area contributed by atoms with E-state index in [1.807, 2.05) is 0 Å². The molecule has 0 fully saturated rings. The molecule has 0 spiro atoms. The van der Waals surface area contributed by atoms with Crippen LogP contribution in [0.2, 0.25) is 0 Å². The minimum Gasteiger partial charge on any atom is -0.289 e. The van der Waals surface area contributed by atoms with Gasteiger partial charge in [-0.15, -0.1) is 11.6 Å². The predicted molar refractivity (Wildman–Crippen MR) is 187 cm³/mol. The monoisotopic (exact) mass is 614 g/mol. The zero-order valence-electron chi connectivity index (χ0n) is 28.4. The summed E-state index contributed by atoms with van der Waals surface area (Å²) in [5.74, 6) is 0.585. The molecule has 0 saturated heterocycles. The van der Waals surface area contributed by atoms with Crippen molar-refractivity contribution < 1.29 is 10.0 Å². The van der Waals surface area contributed by atoms with Gasteiger partial charge in [0.05, 0.1) is 0 Å². The van der Waals surface area contributed by atoms with Crippen molar-refractivity contribution in [3.05, 3.63) is 0 Å². The first-order chi connectivity index (χ1) is 20.8. The van der Waals surface area contributed by atoms with Gasteiger partial charge in [0, 0.05) is 12.3 Å². The third-order valence-corrected chi connectivity index (χ3v) is 9.43. The van der Waals surface area contributed by atoms with Gasteiger partial charge < -0.3 is 0 Å². The van der Waals surface area contributed by atoms with Crippen molar-refractivity contribution in [3.63, 3.8) is 0 Å². The minimum atomic E-state index is -0.255. The summed E-state index contributed by atoms with van der Waals surface area (Å²) in [4.78, 5) is 10.9. The van der Waals surface area contributed by atoms with E-state index in [9.17, 15) is 4.79 Å². The van der Waals surface area contributed by atoms with Crippen LogP contribution in [0.1, 0.15) is 231 Å². The van der Waals surface area contributed by atoms with Gasteiger partial charge in [-0.1, -0.05) is 212 Å². The van der Waals surface area contributed by atoms with Crippen molar-refractivity contribution in [2.45, 2.75) is 231 Å². The highest BCUT2D eigenvalue weighted by Crippen LogP contribution is 2.17. The number of rotatable bonds is 37. The molecule has 4 heteroatoms. The second-order valence-corrected chi connectivity index (χ2v) is 13.7. The van der Waals surface area contributed by atoms with Crippen molar-refractivity contribution in [3.8, 4) is 0 Å². The Kier molecular flexibility index (Phi) is 38.5. The molecule has 0 aromatic rings. The highest BCUT2D eigenvalue weighted by Gasteiger charge is 1.99. The van der Waals surface area contributed by atoms with Gasteiger partial charge in [0.2, 0.25) is 5.91 Å². The normalized spacial score (nSPS) is 11.4. The summed E-state index contributed by atoms with van der Waals surface area (Å²) in [5, 5.41) is 8.46. The van der Waals surface area contributed by atoms with Gasteiger partial charge in [-0.25, -0.2) is 5.48 Å². The molecule has 1 amide bonds. The van der Waals surface area contributed by atoms with Crippen LogP contribution in [0.3, 0.4) is 0 Å². The first-order valence-corrected chi connectivity index (χ1v) is 19.8. The Morgan fingerprint density at radius 2 is 0.500 bits per heavy atom. The Balaban J connectivity index is 3.04. The molecule has 0 rings (SSSR count). The van der Waals surface area contributed by atoms with Crippen LogP contribution >= 0.6 is 11.6 Å². The van der Waals surface area contributed by atoms with Crippen LogP contribution in [0.5, 0.6) is 0 Å². The second-order valence-electron chi connectivity index (χ2n) is 13.3. The van der Waals surface area contributed by atoms with E-state index in [2.05, 4.69) is 0 Å². The lowest BCUT2D eigenvalue weighted by Crippen LogP contribution is -2.17. The first kappa shape index (κ1) is 41.7. The van der Waals surface area contributed by atoms with E-state index >= 15 is 0 Å².